The van der Waals surface area contributed by atoms with Gasteiger partial charge in [-0.1, -0.05) is 72.8 Å². The van der Waals surface area contributed by atoms with Crippen LogP contribution in [0.25, 0.3) is 0 Å². The third-order valence-electron chi connectivity index (χ3n) is 6.24. The Labute approximate surface area is 202 Å². The molecule has 34 heavy (non-hydrogen) atoms. The SMILES string of the molecule is COc1ccc(CN2C(=O)C[C@H](OCc3ccccc3)[C@H]2CCCOCc2ccccc2)cc1. The number of likely N-dealkylation sites (tertiary alicyclic amines) is 1. The van der Waals surface area contributed by atoms with Crippen LogP contribution in [0.2, 0.25) is 0 Å². The van der Waals surface area contributed by atoms with Crippen molar-refractivity contribution < 1.29 is 19.0 Å². The third-order valence-corrected chi connectivity index (χ3v) is 6.24. The van der Waals surface area contributed by atoms with Crippen molar-refractivity contribution >= 4 is 5.91 Å². The molecule has 5 nitrogen and oxygen atoms in total. The van der Waals surface area contributed by atoms with Crippen molar-refractivity contribution in [1.82, 2.24) is 4.90 Å². The zero-order valence-corrected chi connectivity index (χ0v) is 19.8. The molecule has 178 valence electrons. The van der Waals surface area contributed by atoms with Crippen LogP contribution in [0.4, 0.5) is 0 Å². The molecule has 1 amide bonds. The average molecular weight is 460 g/mol. The van der Waals surface area contributed by atoms with Crippen molar-refractivity contribution in [3.8, 4) is 5.75 Å². The quantitative estimate of drug-likeness (QED) is 0.341. The summed E-state index contributed by atoms with van der Waals surface area (Å²) in [5.41, 5.74) is 3.38. The second-order valence-electron chi connectivity index (χ2n) is 8.66. The minimum Gasteiger partial charge on any atom is -0.497 e. The van der Waals surface area contributed by atoms with E-state index in [0.29, 0.717) is 32.8 Å². The molecular formula is C29H33NO4. The summed E-state index contributed by atoms with van der Waals surface area (Å²) < 4.78 is 17.4. The monoisotopic (exact) mass is 459 g/mol. The van der Waals surface area contributed by atoms with Crippen molar-refractivity contribution in [2.45, 2.75) is 51.2 Å². The van der Waals surface area contributed by atoms with Crippen LogP contribution < -0.4 is 4.74 Å². The zero-order chi connectivity index (χ0) is 23.6. The van der Waals surface area contributed by atoms with Gasteiger partial charge in [-0.15, -0.1) is 0 Å². The lowest BCUT2D eigenvalue weighted by Crippen LogP contribution is -2.37. The smallest absolute Gasteiger partial charge is 0.225 e. The van der Waals surface area contributed by atoms with Gasteiger partial charge in [0.2, 0.25) is 5.91 Å². The molecule has 2 atom stereocenters. The average Bonchev–Trinajstić information content (AvgIpc) is 3.18. The number of rotatable bonds is 12. The van der Waals surface area contributed by atoms with Gasteiger partial charge in [-0.3, -0.25) is 4.79 Å². The van der Waals surface area contributed by atoms with Crippen LogP contribution in [0, 0.1) is 0 Å². The molecule has 0 spiro atoms. The van der Waals surface area contributed by atoms with Crippen molar-refractivity contribution in [2.24, 2.45) is 0 Å². The number of carbonyl (C=O) groups is 1. The van der Waals surface area contributed by atoms with E-state index in [9.17, 15) is 4.79 Å². The van der Waals surface area contributed by atoms with E-state index >= 15 is 0 Å². The molecule has 0 aromatic heterocycles. The van der Waals surface area contributed by atoms with Gasteiger partial charge in [0, 0.05) is 13.2 Å². The third kappa shape index (κ3) is 6.69. The molecule has 1 fully saturated rings. The molecular weight excluding hydrogens is 426 g/mol. The van der Waals surface area contributed by atoms with Crippen LogP contribution in [0.3, 0.4) is 0 Å². The Bertz CT molecular complexity index is 1010. The van der Waals surface area contributed by atoms with Gasteiger partial charge in [0.25, 0.3) is 0 Å². The lowest BCUT2D eigenvalue weighted by atomic mass is 10.1. The second-order valence-corrected chi connectivity index (χ2v) is 8.66. The molecule has 0 bridgehead atoms. The predicted molar refractivity (Wildman–Crippen MR) is 132 cm³/mol. The number of hydrogen-bond acceptors (Lipinski definition) is 4. The minimum absolute atomic E-state index is 0.0265. The predicted octanol–water partition coefficient (Wildman–Crippen LogP) is 5.38. The highest BCUT2D eigenvalue weighted by Crippen LogP contribution is 2.29. The van der Waals surface area contributed by atoms with Gasteiger partial charge < -0.3 is 19.1 Å². The number of hydrogen-bond donors (Lipinski definition) is 0. The van der Waals surface area contributed by atoms with Gasteiger partial charge in [-0.25, -0.2) is 0 Å². The van der Waals surface area contributed by atoms with Gasteiger partial charge in [0.1, 0.15) is 5.75 Å². The highest BCUT2D eigenvalue weighted by Gasteiger charge is 2.40. The Morgan fingerprint density at radius 1 is 0.824 bits per heavy atom. The maximum Gasteiger partial charge on any atom is 0.225 e. The standard InChI is InChI=1S/C29H33NO4/c1-32-26-16-14-23(15-17-26)20-30-27(13-8-18-33-21-24-9-4-2-5-10-24)28(19-29(30)31)34-22-25-11-6-3-7-12-25/h2-7,9-12,14-17,27-28H,8,13,18-22H2,1H3/t27-,28+/m1/s1. The first-order chi connectivity index (χ1) is 16.7. The Hall–Kier alpha value is -3.15. The molecule has 0 saturated carbocycles. The normalized spacial score (nSPS) is 17.8. The van der Waals surface area contributed by atoms with Crippen LogP contribution in [0.1, 0.15) is 36.0 Å². The Morgan fingerprint density at radius 2 is 1.47 bits per heavy atom. The van der Waals surface area contributed by atoms with Crippen LogP contribution in [-0.2, 0) is 34.0 Å². The fourth-order valence-electron chi connectivity index (χ4n) is 4.39. The molecule has 1 saturated heterocycles. The number of ether oxygens (including phenoxy) is 3. The number of benzene rings is 3. The Kier molecular flexibility index (Phi) is 8.71. The molecule has 1 aliphatic rings. The number of amides is 1. The summed E-state index contributed by atoms with van der Waals surface area (Å²) in [6, 6.07) is 28.3. The van der Waals surface area contributed by atoms with Gasteiger partial charge in [0.15, 0.2) is 0 Å². The molecule has 4 rings (SSSR count). The lowest BCUT2D eigenvalue weighted by molar-refractivity contribution is -0.129. The van der Waals surface area contributed by atoms with E-state index in [1.807, 2.05) is 65.6 Å². The molecule has 0 N–H and O–H groups in total. The fourth-order valence-corrected chi connectivity index (χ4v) is 4.39. The van der Waals surface area contributed by atoms with Crippen molar-refractivity contribution in [3.05, 3.63) is 102 Å². The van der Waals surface area contributed by atoms with Crippen molar-refractivity contribution in [2.75, 3.05) is 13.7 Å². The Balaban J connectivity index is 1.37. The summed E-state index contributed by atoms with van der Waals surface area (Å²) in [6.45, 7) is 2.34. The van der Waals surface area contributed by atoms with Crippen LogP contribution >= 0.6 is 0 Å². The van der Waals surface area contributed by atoms with E-state index in [4.69, 9.17) is 14.2 Å². The van der Waals surface area contributed by atoms with Crippen LogP contribution in [-0.4, -0.2) is 36.7 Å². The molecule has 5 heteroatoms. The largest absolute Gasteiger partial charge is 0.497 e. The van der Waals surface area contributed by atoms with Gasteiger partial charge in [0.05, 0.1) is 38.9 Å². The highest BCUT2D eigenvalue weighted by molar-refractivity contribution is 5.79. The van der Waals surface area contributed by atoms with Gasteiger partial charge >= 0.3 is 0 Å². The molecule has 0 unspecified atom stereocenters. The molecule has 1 aliphatic heterocycles. The second kappa shape index (κ2) is 12.4. The summed E-state index contributed by atoms with van der Waals surface area (Å²) in [7, 11) is 1.66. The van der Waals surface area contributed by atoms with E-state index in [1.54, 1.807) is 7.11 Å². The highest BCUT2D eigenvalue weighted by atomic mass is 16.5. The molecule has 0 radical (unpaired) electrons. The van der Waals surface area contributed by atoms with E-state index in [2.05, 4.69) is 24.3 Å². The Morgan fingerprint density at radius 3 is 2.12 bits per heavy atom. The number of methoxy groups -OCH3 is 1. The first-order valence-electron chi connectivity index (χ1n) is 11.9. The summed E-state index contributed by atoms with van der Waals surface area (Å²) in [6.07, 6.45) is 2.00. The summed E-state index contributed by atoms with van der Waals surface area (Å²) in [5, 5.41) is 0. The fraction of sp³-hybridized carbons (Fsp3) is 0.345. The number of carbonyl (C=O) groups excluding carboxylic acids is 1. The van der Waals surface area contributed by atoms with Crippen molar-refractivity contribution in [1.29, 1.82) is 0 Å². The zero-order valence-electron chi connectivity index (χ0n) is 19.8. The number of nitrogens with zero attached hydrogens (tertiary/aromatic N) is 1. The van der Waals surface area contributed by atoms with E-state index in [-0.39, 0.29) is 18.1 Å². The lowest BCUT2D eigenvalue weighted by Gasteiger charge is -2.28. The van der Waals surface area contributed by atoms with E-state index in [1.165, 1.54) is 5.56 Å². The van der Waals surface area contributed by atoms with Crippen LogP contribution in [0.5, 0.6) is 5.75 Å². The topological polar surface area (TPSA) is 48.0 Å². The molecule has 1 heterocycles. The first kappa shape index (κ1) is 24.0. The maximum atomic E-state index is 13.0. The minimum atomic E-state index is -0.125. The molecule has 0 aliphatic carbocycles. The molecule has 3 aromatic rings. The first-order valence-corrected chi connectivity index (χ1v) is 11.9. The van der Waals surface area contributed by atoms with E-state index in [0.717, 1.165) is 29.7 Å². The molecule has 3 aromatic carbocycles. The summed E-state index contributed by atoms with van der Waals surface area (Å²) in [4.78, 5) is 15.0. The van der Waals surface area contributed by atoms with E-state index < -0.39 is 0 Å². The summed E-state index contributed by atoms with van der Waals surface area (Å²) in [5.74, 6) is 0.955. The van der Waals surface area contributed by atoms with Crippen LogP contribution in [0.15, 0.2) is 84.9 Å². The van der Waals surface area contributed by atoms with Crippen molar-refractivity contribution in [3.63, 3.8) is 0 Å². The summed E-state index contributed by atoms with van der Waals surface area (Å²) >= 11 is 0. The van der Waals surface area contributed by atoms with Gasteiger partial charge in [-0.2, -0.15) is 0 Å². The van der Waals surface area contributed by atoms with Gasteiger partial charge in [-0.05, 0) is 41.7 Å². The maximum absolute atomic E-state index is 13.0.